The van der Waals surface area contributed by atoms with Gasteiger partial charge in [-0.05, 0) is 55.4 Å². The molecule has 0 unspecified atom stereocenters. The summed E-state index contributed by atoms with van der Waals surface area (Å²) >= 11 is 0. The zero-order valence-electron chi connectivity index (χ0n) is 18.1. The van der Waals surface area contributed by atoms with E-state index in [0.717, 1.165) is 0 Å². The molecule has 29 heavy (non-hydrogen) atoms. The van der Waals surface area contributed by atoms with Crippen LogP contribution in [0, 0.1) is 0 Å². The van der Waals surface area contributed by atoms with Gasteiger partial charge in [-0.2, -0.15) is 0 Å². The van der Waals surface area contributed by atoms with Crippen molar-refractivity contribution < 1.29 is 43.6 Å². The Morgan fingerprint density at radius 1 is 0.690 bits per heavy atom. The average molecular weight is 420 g/mol. The molecule has 0 aromatic heterocycles. The van der Waals surface area contributed by atoms with E-state index in [9.17, 15) is 29.4 Å². The highest BCUT2D eigenvalue weighted by atomic mass is 16.6. The van der Waals surface area contributed by atoms with Gasteiger partial charge in [0.25, 0.3) is 0 Å². The molecule has 11 heteroatoms. The van der Waals surface area contributed by atoms with Gasteiger partial charge < -0.3 is 35.1 Å². The fraction of sp³-hybridized carbons (Fsp3) is 0.778. The van der Waals surface area contributed by atoms with Crippen LogP contribution >= 0.6 is 0 Å². The minimum absolute atomic E-state index is 0.870. The molecule has 11 nitrogen and oxygen atoms in total. The van der Waals surface area contributed by atoms with Gasteiger partial charge in [0, 0.05) is 0 Å². The molecule has 0 bridgehead atoms. The van der Waals surface area contributed by atoms with Crippen LogP contribution in [0.3, 0.4) is 0 Å². The van der Waals surface area contributed by atoms with Crippen LogP contribution in [0.2, 0.25) is 0 Å². The minimum atomic E-state index is -1.49. The molecule has 0 saturated heterocycles. The van der Waals surface area contributed by atoms with Crippen LogP contribution in [0.5, 0.6) is 0 Å². The molecule has 0 aliphatic rings. The predicted octanol–water partition coefficient (Wildman–Crippen LogP) is 0.604. The average Bonchev–Trinajstić information content (AvgIpc) is 2.45. The van der Waals surface area contributed by atoms with E-state index in [2.05, 4.69) is 4.74 Å². The molecule has 0 rings (SSSR count). The molecule has 168 valence electrons. The number of esters is 2. The maximum absolute atomic E-state index is 12.1. The summed E-state index contributed by atoms with van der Waals surface area (Å²) in [7, 11) is 0. The molecule has 0 radical (unpaired) electrons. The normalized spacial score (nSPS) is 15.9. The number of amides is 2. The zero-order valence-corrected chi connectivity index (χ0v) is 18.1. The highest BCUT2D eigenvalue weighted by molar-refractivity contribution is 5.89. The van der Waals surface area contributed by atoms with Gasteiger partial charge in [0.1, 0.15) is 11.2 Å². The molecule has 0 aromatic carbocycles. The summed E-state index contributed by atoms with van der Waals surface area (Å²) in [6, 6.07) is -2.99. The molecule has 0 aliphatic heterocycles. The number of hydrogen-bond acceptors (Lipinski definition) is 9. The Hall–Kier alpha value is -2.40. The Labute approximate surface area is 170 Å². The van der Waals surface area contributed by atoms with Gasteiger partial charge in [0.15, 0.2) is 12.1 Å². The topological polar surface area (TPSA) is 160 Å². The van der Waals surface area contributed by atoms with E-state index >= 15 is 0 Å². The Kier molecular flexibility index (Phi) is 9.54. The van der Waals surface area contributed by atoms with E-state index < -0.39 is 59.6 Å². The van der Waals surface area contributed by atoms with Crippen LogP contribution in [0.15, 0.2) is 0 Å². The van der Waals surface area contributed by atoms with E-state index in [1.54, 1.807) is 41.5 Å². The zero-order chi connectivity index (χ0) is 23.2. The van der Waals surface area contributed by atoms with Gasteiger partial charge in [-0.3, -0.25) is 0 Å². The van der Waals surface area contributed by atoms with Crippen LogP contribution < -0.4 is 10.6 Å². The SMILES string of the molecule is C[C@@H](O)[C@H](NC(=O)OC(=O)N[C@H](C(=O)OC(C)(C)C)[C@@H](C)O)C(=O)OC(C)(C)C. The van der Waals surface area contributed by atoms with Crippen LogP contribution in [-0.4, -0.2) is 69.8 Å². The molecule has 0 aromatic rings. The highest BCUT2D eigenvalue weighted by Crippen LogP contribution is 2.11. The molecule has 0 saturated carbocycles. The van der Waals surface area contributed by atoms with E-state index in [1.807, 2.05) is 10.6 Å². The molecule has 2 amide bonds. The summed E-state index contributed by atoms with van der Waals surface area (Å²) in [4.78, 5) is 47.9. The number of carbonyl (C=O) groups excluding carboxylic acids is 4. The van der Waals surface area contributed by atoms with Gasteiger partial charge >= 0.3 is 24.1 Å². The van der Waals surface area contributed by atoms with Crippen molar-refractivity contribution in [2.24, 2.45) is 0 Å². The molecule has 4 atom stereocenters. The monoisotopic (exact) mass is 420 g/mol. The third-order valence-corrected chi connectivity index (χ3v) is 3.02. The summed E-state index contributed by atoms with van der Waals surface area (Å²) in [5, 5.41) is 23.4. The quantitative estimate of drug-likeness (QED) is 0.274. The number of ether oxygens (including phenoxy) is 3. The predicted molar refractivity (Wildman–Crippen MR) is 101 cm³/mol. The second-order valence-electron chi connectivity index (χ2n) is 8.47. The molecule has 0 aliphatic carbocycles. The van der Waals surface area contributed by atoms with E-state index in [0.29, 0.717) is 0 Å². The number of aliphatic hydroxyl groups is 2. The van der Waals surface area contributed by atoms with Gasteiger partial charge in [-0.1, -0.05) is 0 Å². The van der Waals surface area contributed by atoms with Crippen molar-refractivity contribution in [1.29, 1.82) is 0 Å². The van der Waals surface area contributed by atoms with Crippen molar-refractivity contribution >= 4 is 24.1 Å². The van der Waals surface area contributed by atoms with Crippen LogP contribution in [0.1, 0.15) is 55.4 Å². The van der Waals surface area contributed by atoms with Gasteiger partial charge in [-0.15, -0.1) is 0 Å². The minimum Gasteiger partial charge on any atom is -0.458 e. The van der Waals surface area contributed by atoms with Crippen molar-refractivity contribution in [3.63, 3.8) is 0 Å². The lowest BCUT2D eigenvalue weighted by Crippen LogP contribution is -2.53. The first-order valence-electron chi connectivity index (χ1n) is 9.03. The number of rotatable bonds is 6. The third-order valence-electron chi connectivity index (χ3n) is 3.02. The summed E-state index contributed by atoms with van der Waals surface area (Å²) in [5.41, 5.74) is -1.74. The summed E-state index contributed by atoms with van der Waals surface area (Å²) < 4.78 is 14.6. The van der Waals surface area contributed by atoms with E-state index in [-0.39, 0.29) is 0 Å². The summed E-state index contributed by atoms with van der Waals surface area (Å²) in [5.74, 6) is -1.86. The van der Waals surface area contributed by atoms with Crippen molar-refractivity contribution in [1.82, 2.24) is 10.6 Å². The van der Waals surface area contributed by atoms with Crippen molar-refractivity contribution in [2.45, 2.75) is 90.9 Å². The first kappa shape index (κ1) is 26.6. The van der Waals surface area contributed by atoms with E-state index in [1.165, 1.54) is 13.8 Å². The lowest BCUT2D eigenvalue weighted by Gasteiger charge is -2.26. The van der Waals surface area contributed by atoms with Crippen molar-refractivity contribution in [2.75, 3.05) is 0 Å². The second-order valence-corrected chi connectivity index (χ2v) is 8.47. The van der Waals surface area contributed by atoms with Gasteiger partial charge in [0.05, 0.1) is 12.2 Å². The third kappa shape index (κ3) is 11.3. The Morgan fingerprint density at radius 2 is 0.966 bits per heavy atom. The number of aliphatic hydroxyl groups excluding tert-OH is 2. The summed E-state index contributed by atoms with van der Waals surface area (Å²) in [6.07, 6.45) is -5.42. The lowest BCUT2D eigenvalue weighted by atomic mass is 10.1. The number of carbonyl (C=O) groups is 4. The number of nitrogens with one attached hydrogen (secondary N) is 2. The molecule has 0 heterocycles. The number of alkyl carbamates (subject to hydrolysis) is 2. The Balaban J connectivity index is 4.98. The molecular formula is C18H32N2O9. The first-order valence-corrected chi connectivity index (χ1v) is 9.03. The maximum atomic E-state index is 12.1. The second kappa shape index (κ2) is 10.4. The maximum Gasteiger partial charge on any atom is 0.416 e. The van der Waals surface area contributed by atoms with E-state index in [4.69, 9.17) is 9.47 Å². The molecule has 0 fully saturated rings. The van der Waals surface area contributed by atoms with Crippen LogP contribution in [0.4, 0.5) is 9.59 Å². The van der Waals surface area contributed by atoms with Crippen molar-refractivity contribution in [3.8, 4) is 0 Å². The highest BCUT2D eigenvalue weighted by Gasteiger charge is 2.34. The lowest BCUT2D eigenvalue weighted by molar-refractivity contribution is -0.160. The van der Waals surface area contributed by atoms with Crippen LogP contribution in [-0.2, 0) is 23.8 Å². The largest absolute Gasteiger partial charge is 0.458 e. The number of hydrogen-bond donors (Lipinski definition) is 4. The van der Waals surface area contributed by atoms with Gasteiger partial charge in [-0.25, -0.2) is 19.2 Å². The molecule has 0 spiro atoms. The Morgan fingerprint density at radius 3 is 1.17 bits per heavy atom. The smallest absolute Gasteiger partial charge is 0.416 e. The standard InChI is InChI=1S/C18H32N2O9/c1-9(21)11(13(23)28-17(3,4)5)19-15(25)27-16(26)20-12(10(2)22)14(24)29-18(6,7)8/h9-12,21-22H,1-8H3,(H,19,25)(H,20,26)/t9-,10-,11+,12+/m1/s1. The van der Waals surface area contributed by atoms with Crippen molar-refractivity contribution in [3.05, 3.63) is 0 Å². The summed E-state index contributed by atoms with van der Waals surface area (Å²) in [6.45, 7) is 12.1. The van der Waals surface area contributed by atoms with Gasteiger partial charge in [0.2, 0.25) is 0 Å². The fourth-order valence-electron chi connectivity index (χ4n) is 1.88. The first-order chi connectivity index (χ1) is 12.9. The fourth-order valence-corrected chi connectivity index (χ4v) is 1.88. The molecular weight excluding hydrogens is 388 g/mol. The molecule has 4 N–H and O–H groups in total. The van der Waals surface area contributed by atoms with Crippen LogP contribution in [0.25, 0.3) is 0 Å². The Bertz CT molecular complexity index is 551.